The third-order valence-electron chi connectivity index (χ3n) is 6.98. The Kier molecular flexibility index (Phi) is 6.29. The van der Waals surface area contributed by atoms with Crippen LogP contribution >= 0.6 is 23.5 Å². The molecule has 3 aliphatic rings. The molecule has 1 saturated carbocycles. The van der Waals surface area contributed by atoms with Gasteiger partial charge in [0.15, 0.2) is 0 Å². The molecular formula is C26H31NOS2. The van der Waals surface area contributed by atoms with Gasteiger partial charge >= 0.3 is 0 Å². The summed E-state index contributed by atoms with van der Waals surface area (Å²) in [5.41, 5.74) is 6.02. The molecular weight excluding hydrogens is 406 g/mol. The van der Waals surface area contributed by atoms with Gasteiger partial charge in [-0.3, -0.25) is 0 Å². The Morgan fingerprint density at radius 1 is 0.967 bits per heavy atom. The van der Waals surface area contributed by atoms with Gasteiger partial charge in [-0.25, -0.2) is 0 Å². The maximum Gasteiger partial charge on any atom is 0.0540 e. The van der Waals surface area contributed by atoms with Gasteiger partial charge in [-0.2, -0.15) is 0 Å². The van der Waals surface area contributed by atoms with Crippen molar-refractivity contribution in [2.45, 2.75) is 59.3 Å². The first kappa shape index (κ1) is 20.7. The van der Waals surface area contributed by atoms with E-state index in [9.17, 15) is 5.11 Å². The largest absolute Gasteiger partial charge is 0.393 e. The van der Waals surface area contributed by atoms with Gasteiger partial charge in [0, 0.05) is 34.3 Å². The number of likely N-dealkylation sites (tertiary alicyclic amines) is 1. The topological polar surface area (TPSA) is 23.5 Å². The van der Waals surface area contributed by atoms with E-state index in [1.54, 1.807) is 5.57 Å². The van der Waals surface area contributed by atoms with Gasteiger partial charge in [0.25, 0.3) is 0 Å². The SMILES string of the molecule is CSc1ccc2c(c1)C(=C1CCN(C[C@H]3CC[C@H](O)CC3)CC1)c1ccccc1S2. The smallest absolute Gasteiger partial charge is 0.0540 e. The zero-order valence-electron chi connectivity index (χ0n) is 17.8. The van der Waals surface area contributed by atoms with Crippen molar-refractivity contribution in [1.82, 2.24) is 4.90 Å². The second-order valence-electron chi connectivity index (χ2n) is 8.91. The second-order valence-corrected chi connectivity index (χ2v) is 10.9. The highest BCUT2D eigenvalue weighted by molar-refractivity contribution is 7.99. The summed E-state index contributed by atoms with van der Waals surface area (Å²) in [4.78, 5) is 6.82. The lowest BCUT2D eigenvalue weighted by Crippen LogP contribution is -2.36. The standard InChI is InChI=1S/C26H31NOS2/c1-29-21-10-11-25-23(16-21)26(22-4-2-3-5-24(22)30-25)19-12-14-27(15-13-19)17-18-6-8-20(28)9-7-18/h2-5,10-11,16,18,20,28H,6-9,12-15,17H2,1H3/t18-,20-. The molecule has 0 amide bonds. The van der Waals surface area contributed by atoms with Crippen LogP contribution in [0.5, 0.6) is 0 Å². The van der Waals surface area contributed by atoms with Crippen LogP contribution in [0, 0.1) is 5.92 Å². The van der Waals surface area contributed by atoms with Gasteiger partial charge in [-0.1, -0.05) is 35.5 Å². The molecule has 0 unspecified atom stereocenters. The summed E-state index contributed by atoms with van der Waals surface area (Å²) in [6.45, 7) is 3.56. The van der Waals surface area contributed by atoms with Crippen LogP contribution in [0.25, 0.3) is 5.57 Å². The summed E-state index contributed by atoms with van der Waals surface area (Å²) in [7, 11) is 0. The van der Waals surface area contributed by atoms with Gasteiger partial charge < -0.3 is 10.0 Å². The molecule has 0 bridgehead atoms. The maximum atomic E-state index is 9.79. The minimum atomic E-state index is -0.0468. The van der Waals surface area contributed by atoms with E-state index in [4.69, 9.17) is 0 Å². The predicted octanol–water partition coefficient (Wildman–Crippen LogP) is 6.32. The van der Waals surface area contributed by atoms with E-state index in [1.165, 1.54) is 76.7 Å². The van der Waals surface area contributed by atoms with Crippen molar-refractivity contribution in [1.29, 1.82) is 0 Å². The molecule has 2 fully saturated rings. The highest BCUT2D eigenvalue weighted by Gasteiger charge is 2.27. The maximum absolute atomic E-state index is 9.79. The number of hydrogen-bond acceptors (Lipinski definition) is 4. The molecule has 2 aromatic carbocycles. The number of piperidine rings is 1. The number of aliphatic hydroxyl groups is 1. The Bertz CT molecular complexity index is 936. The molecule has 4 heteroatoms. The number of nitrogens with zero attached hydrogens (tertiary/aromatic N) is 1. The summed E-state index contributed by atoms with van der Waals surface area (Å²) in [5.74, 6) is 0.777. The lowest BCUT2D eigenvalue weighted by Gasteiger charge is -2.35. The summed E-state index contributed by atoms with van der Waals surface area (Å²) in [6.07, 6.45) is 8.85. The second kappa shape index (κ2) is 9.12. The van der Waals surface area contributed by atoms with Crippen molar-refractivity contribution in [3.8, 4) is 0 Å². The third kappa shape index (κ3) is 4.25. The molecule has 1 aliphatic carbocycles. The van der Waals surface area contributed by atoms with Crippen LogP contribution < -0.4 is 0 Å². The minimum Gasteiger partial charge on any atom is -0.393 e. The van der Waals surface area contributed by atoms with Crippen LogP contribution in [0.15, 0.2) is 62.7 Å². The van der Waals surface area contributed by atoms with Gasteiger partial charge in [-0.15, -0.1) is 11.8 Å². The molecule has 158 valence electrons. The molecule has 0 radical (unpaired) electrons. The molecule has 1 N–H and O–H groups in total. The van der Waals surface area contributed by atoms with E-state index in [1.807, 2.05) is 23.5 Å². The summed E-state index contributed by atoms with van der Waals surface area (Å²) >= 11 is 3.75. The molecule has 0 aromatic heterocycles. The van der Waals surface area contributed by atoms with Crippen LogP contribution in [-0.2, 0) is 0 Å². The fraction of sp³-hybridized carbons (Fsp3) is 0.462. The molecule has 2 aliphatic heterocycles. The lowest BCUT2D eigenvalue weighted by atomic mass is 9.85. The Morgan fingerprint density at radius 2 is 1.70 bits per heavy atom. The zero-order valence-corrected chi connectivity index (χ0v) is 19.4. The fourth-order valence-corrected chi connectivity index (χ4v) is 6.79. The number of hydrogen-bond donors (Lipinski definition) is 1. The van der Waals surface area contributed by atoms with E-state index < -0.39 is 0 Å². The van der Waals surface area contributed by atoms with E-state index in [-0.39, 0.29) is 6.10 Å². The van der Waals surface area contributed by atoms with Crippen molar-refractivity contribution < 1.29 is 5.11 Å². The van der Waals surface area contributed by atoms with Crippen LogP contribution in [0.2, 0.25) is 0 Å². The molecule has 0 spiro atoms. The fourth-order valence-electron chi connectivity index (χ4n) is 5.28. The van der Waals surface area contributed by atoms with Crippen LogP contribution in [0.4, 0.5) is 0 Å². The van der Waals surface area contributed by atoms with Crippen LogP contribution in [-0.4, -0.2) is 42.0 Å². The first-order valence-corrected chi connectivity index (χ1v) is 13.3. The molecule has 2 nitrogen and oxygen atoms in total. The Morgan fingerprint density at radius 3 is 2.47 bits per heavy atom. The highest BCUT2D eigenvalue weighted by atomic mass is 32.2. The highest BCUT2D eigenvalue weighted by Crippen LogP contribution is 2.48. The molecule has 0 atom stereocenters. The first-order chi connectivity index (χ1) is 14.7. The number of benzene rings is 2. The Hall–Kier alpha value is -1.20. The van der Waals surface area contributed by atoms with Crippen molar-refractivity contribution in [3.63, 3.8) is 0 Å². The average Bonchev–Trinajstić information content (AvgIpc) is 2.79. The van der Waals surface area contributed by atoms with Gasteiger partial charge in [0.05, 0.1) is 6.10 Å². The predicted molar refractivity (Wildman–Crippen MR) is 128 cm³/mol. The number of aliphatic hydroxyl groups excluding tert-OH is 1. The van der Waals surface area contributed by atoms with E-state index >= 15 is 0 Å². The normalized spacial score (nSPS) is 24.5. The first-order valence-electron chi connectivity index (χ1n) is 11.3. The lowest BCUT2D eigenvalue weighted by molar-refractivity contribution is 0.0923. The Balaban J connectivity index is 1.40. The van der Waals surface area contributed by atoms with Gasteiger partial charge in [0.2, 0.25) is 0 Å². The van der Waals surface area contributed by atoms with E-state index in [2.05, 4.69) is 53.6 Å². The average molecular weight is 438 g/mol. The molecule has 2 heterocycles. The molecule has 30 heavy (non-hydrogen) atoms. The van der Waals surface area contributed by atoms with Crippen molar-refractivity contribution in [3.05, 3.63) is 59.2 Å². The number of rotatable bonds is 3. The van der Waals surface area contributed by atoms with Crippen molar-refractivity contribution >= 4 is 29.1 Å². The number of thioether (sulfide) groups is 1. The number of fused-ring (bicyclic) bond motifs is 2. The van der Waals surface area contributed by atoms with E-state index in [0.29, 0.717) is 0 Å². The Labute approximate surface area is 189 Å². The third-order valence-corrected chi connectivity index (χ3v) is 8.86. The molecule has 2 aromatic rings. The van der Waals surface area contributed by atoms with E-state index in [0.717, 1.165) is 18.8 Å². The minimum absolute atomic E-state index is 0.0468. The summed E-state index contributed by atoms with van der Waals surface area (Å²) in [6, 6.07) is 15.9. The van der Waals surface area contributed by atoms with Gasteiger partial charge in [-0.05, 0) is 91.7 Å². The van der Waals surface area contributed by atoms with Gasteiger partial charge in [0.1, 0.15) is 0 Å². The summed E-state index contributed by atoms with van der Waals surface area (Å²) in [5, 5.41) is 9.79. The zero-order chi connectivity index (χ0) is 20.5. The monoisotopic (exact) mass is 437 g/mol. The van der Waals surface area contributed by atoms with Crippen molar-refractivity contribution in [2.24, 2.45) is 5.92 Å². The quantitative estimate of drug-likeness (QED) is 0.484. The molecule has 5 rings (SSSR count). The van der Waals surface area contributed by atoms with Crippen molar-refractivity contribution in [2.75, 3.05) is 25.9 Å². The summed E-state index contributed by atoms with van der Waals surface area (Å²) < 4.78 is 0. The molecule has 1 saturated heterocycles. The van der Waals surface area contributed by atoms with Crippen LogP contribution in [0.1, 0.15) is 49.7 Å². The van der Waals surface area contributed by atoms with Crippen LogP contribution in [0.3, 0.4) is 0 Å².